The molecular weight excluding hydrogens is 316 g/mol. The van der Waals surface area contributed by atoms with Crippen molar-refractivity contribution in [1.29, 1.82) is 0 Å². The monoisotopic (exact) mass is 334 g/mol. The Morgan fingerprint density at radius 1 is 1.22 bits per heavy atom. The minimum Gasteiger partial charge on any atom is -0.463 e. The van der Waals surface area contributed by atoms with Crippen molar-refractivity contribution < 1.29 is 8.94 Å². The van der Waals surface area contributed by atoms with Crippen molar-refractivity contribution in [2.75, 3.05) is 7.05 Å². The van der Waals surface area contributed by atoms with Gasteiger partial charge in [0.15, 0.2) is 11.6 Å². The topological polar surface area (TPSA) is 77.0 Å². The number of nitrogens with one attached hydrogen (secondary N) is 1. The van der Waals surface area contributed by atoms with Crippen molar-refractivity contribution in [3.63, 3.8) is 0 Å². The lowest BCUT2D eigenvalue weighted by atomic mass is 10.1. The van der Waals surface area contributed by atoms with Gasteiger partial charge in [-0.3, -0.25) is 0 Å². The number of pyridine rings is 1. The van der Waals surface area contributed by atoms with Crippen molar-refractivity contribution in [3.05, 3.63) is 42.0 Å². The van der Waals surface area contributed by atoms with Gasteiger partial charge < -0.3 is 14.3 Å². The third kappa shape index (κ3) is 3.78. The normalized spacial score (nSPS) is 12.0. The molecule has 0 aromatic carbocycles. The molecule has 1 atom stereocenters. The average Bonchev–Trinajstić information content (AvgIpc) is 3.18. The predicted molar refractivity (Wildman–Crippen MR) is 89.4 cm³/mol. The Bertz CT molecular complexity index is 755. The third-order valence-electron chi connectivity index (χ3n) is 3.54. The van der Waals surface area contributed by atoms with Gasteiger partial charge in [-0.25, -0.2) is 4.98 Å². The van der Waals surface area contributed by atoms with Gasteiger partial charge in [-0.1, -0.05) is 5.16 Å². The molecule has 0 spiro atoms. The Labute approximate surface area is 140 Å². The zero-order valence-corrected chi connectivity index (χ0v) is 14.1. The molecular formula is C16H19ClN4O2. The fourth-order valence-corrected chi connectivity index (χ4v) is 2.17. The fraction of sp³-hybridized carbons (Fsp3) is 0.312. The molecule has 6 nitrogen and oxygen atoms in total. The molecule has 0 fully saturated rings. The number of rotatable bonds is 5. The summed E-state index contributed by atoms with van der Waals surface area (Å²) in [6.07, 6.45) is 2.35. The molecule has 3 rings (SSSR count). The summed E-state index contributed by atoms with van der Waals surface area (Å²) >= 11 is 0. The summed E-state index contributed by atoms with van der Waals surface area (Å²) in [5.41, 5.74) is 2.45. The van der Waals surface area contributed by atoms with E-state index in [0.29, 0.717) is 17.8 Å². The van der Waals surface area contributed by atoms with Gasteiger partial charge in [0.1, 0.15) is 5.69 Å². The number of aromatic nitrogens is 3. The summed E-state index contributed by atoms with van der Waals surface area (Å²) in [5.74, 6) is 1.92. The van der Waals surface area contributed by atoms with Crippen LogP contribution in [0, 0.1) is 6.92 Å². The molecule has 0 saturated carbocycles. The highest BCUT2D eigenvalue weighted by molar-refractivity contribution is 5.85. The van der Waals surface area contributed by atoms with Crippen molar-refractivity contribution in [2.45, 2.75) is 26.3 Å². The third-order valence-corrected chi connectivity index (χ3v) is 3.54. The zero-order valence-electron chi connectivity index (χ0n) is 13.2. The van der Waals surface area contributed by atoms with E-state index in [2.05, 4.69) is 27.4 Å². The predicted octanol–water partition coefficient (Wildman–Crippen LogP) is 3.27. The molecule has 0 aliphatic heterocycles. The molecule has 1 unspecified atom stereocenters. The van der Waals surface area contributed by atoms with Crippen LogP contribution in [0.1, 0.15) is 18.4 Å². The van der Waals surface area contributed by atoms with E-state index in [1.165, 1.54) is 0 Å². The molecule has 3 heterocycles. The molecule has 122 valence electrons. The lowest BCUT2D eigenvalue weighted by Gasteiger charge is -2.05. The number of halogens is 1. The highest BCUT2D eigenvalue weighted by atomic mass is 35.5. The number of aryl methyl sites for hydroxylation is 1. The van der Waals surface area contributed by atoms with Crippen molar-refractivity contribution in [1.82, 2.24) is 20.4 Å². The smallest absolute Gasteiger partial charge is 0.259 e. The Balaban J connectivity index is 0.00000192. The molecule has 0 radical (unpaired) electrons. The van der Waals surface area contributed by atoms with E-state index in [4.69, 9.17) is 8.94 Å². The van der Waals surface area contributed by atoms with E-state index in [-0.39, 0.29) is 12.4 Å². The molecule has 3 aromatic rings. The Hall–Kier alpha value is -2.18. The molecule has 7 heteroatoms. The maximum Gasteiger partial charge on any atom is 0.259 e. The molecule has 23 heavy (non-hydrogen) atoms. The maximum absolute atomic E-state index is 5.36. The van der Waals surface area contributed by atoms with Crippen LogP contribution in [-0.4, -0.2) is 28.2 Å². The molecule has 0 saturated heterocycles. The van der Waals surface area contributed by atoms with E-state index in [1.807, 2.05) is 38.2 Å². The van der Waals surface area contributed by atoms with Gasteiger partial charge in [0, 0.05) is 12.5 Å². The van der Waals surface area contributed by atoms with Gasteiger partial charge in [0.05, 0.1) is 17.5 Å². The van der Waals surface area contributed by atoms with Gasteiger partial charge in [0.25, 0.3) is 5.89 Å². The van der Waals surface area contributed by atoms with Crippen LogP contribution in [0.15, 0.2) is 39.5 Å². The van der Waals surface area contributed by atoms with E-state index >= 15 is 0 Å². The van der Waals surface area contributed by atoms with Crippen LogP contribution >= 0.6 is 12.4 Å². The number of likely N-dealkylation sites (N-methyl/N-ethyl adjacent to an activating group) is 1. The zero-order chi connectivity index (χ0) is 15.5. The molecule has 0 bridgehead atoms. The Morgan fingerprint density at radius 2 is 2.04 bits per heavy atom. The minimum atomic E-state index is 0. The molecule has 0 amide bonds. The van der Waals surface area contributed by atoms with E-state index in [1.54, 1.807) is 6.26 Å². The Kier molecular flexibility index (Phi) is 5.52. The second kappa shape index (κ2) is 7.39. The second-order valence-electron chi connectivity index (χ2n) is 5.22. The Morgan fingerprint density at radius 3 is 2.70 bits per heavy atom. The van der Waals surface area contributed by atoms with Crippen LogP contribution < -0.4 is 5.32 Å². The second-order valence-corrected chi connectivity index (χ2v) is 5.22. The van der Waals surface area contributed by atoms with E-state index in [9.17, 15) is 0 Å². The van der Waals surface area contributed by atoms with Crippen LogP contribution in [0.3, 0.4) is 0 Å². The molecule has 0 aliphatic carbocycles. The highest BCUT2D eigenvalue weighted by Gasteiger charge is 2.15. The lowest BCUT2D eigenvalue weighted by molar-refractivity contribution is 0.418. The summed E-state index contributed by atoms with van der Waals surface area (Å²) in [6.45, 7) is 3.99. The first-order valence-electron chi connectivity index (χ1n) is 7.19. The largest absolute Gasteiger partial charge is 0.463 e. The summed E-state index contributed by atoms with van der Waals surface area (Å²) in [7, 11) is 1.91. The fourth-order valence-electron chi connectivity index (χ4n) is 2.17. The maximum atomic E-state index is 5.36. The van der Waals surface area contributed by atoms with Gasteiger partial charge in [-0.05, 0) is 45.2 Å². The molecule has 3 aromatic heterocycles. The minimum absolute atomic E-state index is 0. The van der Waals surface area contributed by atoms with Gasteiger partial charge in [-0.2, -0.15) is 4.98 Å². The quantitative estimate of drug-likeness (QED) is 0.771. The van der Waals surface area contributed by atoms with Crippen LogP contribution in [0.5, 0.6) is 0 Å². The number of furan rings is 1. The average molecular weight is 335 g/mol. The summed E-state index contributed by atoms with van der Waals surface area (Å²) in [6, 6.07) is 7.84. The summed E-state index contributed by atoms with van der Waals surface area (Å²) < 4.78 is 10.7. The van der Waals surface area contributed by atoms with Crippen LogP contribution in [-0.2, 0) is 6.42 Å². The van der Waals surface area contributed by atoms with Gasteiger partial charge in [-0.15, -0.1) is 12.4 Å². The summed E-state index contributed by atoms with van der Waals surface area (Å²) in [5, 5.41) is 7.17. The SMILES string of the molecule is CNC(C)Cc1noc(-c2ccc(-c3ccco3)nc2C)n1.Cl. The van der Waals surface area contributed by atoms with Crippen LogP contribution in [0.2, 0.25) is 0 Å². The van der Waals surface area contributed by atoms with Crippen LogP contribution in [0.4, 0.5) is 0 Å². The first-order chi connectivity index (χ1) is 10.7. The van der Waals surface area contributed by atoms with Gasteiger partial charge in [0.2, 0.25) is 0 Å². The number of hydrogen-bond acceptors (Lipinski definition) is 6. The van der Waals surface area contributed by atoms with Gasteiger partial charge >= 0.3 is 0 Å². The van der Waals surface area contributed by atoms with Crippen molar-refractivity contribution in [3.8, 4) is 22.9 Å². The molecule has 1 N–H and O–H groups in total. The van der Waals surface area contributed by atoms with Crippen molar-refractivity contribution >= 4 is 12.4 Å². The van der Waals surface area contributed by atoms with E-state index in [0.717, 1.165) is 29.1 Å². The first kappa shape index (κ1) is 17.2. The first-order valence-corrected chi connectivity index (χ1v) is 7.19. The standard InChI is InChI=1S/C16H18N4O2.ClH/c1-10(17-3)9-15-19-16(22-20-15)12-6-7-13(18-11(12)2)14-5-4-8-21-14;/h4-8,10,17H,9H2,1-3H3;1H. The van der Waals surface area contributed by atoms with Crippen LogP contribution in [0.25, 0.3) is 22.9 Å². The number of hydrogen-bond donors (Lipinski definition) is 1. The lowest BCUT2D eigenvalue weighted by Crippen LogP contribution is -2.24. The number of nitrogens with zero attached hydrogens (tertiary/aromatic N) is 3. The highest BCUT2D eigenvalue weighted by Crippen LogP contribution is 2.25. The van der Waals surface area contributed by atoms with E-state index < -0.39 is 0 Å². The molecule has 0 aliphatic rings. The summed E-state index contributed by atoms with van der Waals surface area (Å²) in [4.78, 5) is 8.98. The van der Waals surface area contributed by atoms with Crippen molar-refractivity contribution in [2.24, 2.45) is 0 Å².